The second-order valence-corrected chi connectivity index (χ2v) is 7.51. The predicted octanol–water partition coefficient (Wildman–Crippen LogP) is 4.20. The monoisotopic (exact) mass is 399 g/mol. The van der Waals surface area contributed by atoms with Crippen LogP contribution in [0.5, 0.6) is 0 Å². The largest absolute Gasteiger partial charge is 0.371 e. The van der Waals surface area contributed by atoms with Crippen LogP contribution in [0.3, 0.4) is 0 Å². The van der Waals surface area contributed by atoms with Crippen molar-refractivity contribution in [2.75, 3.05) is 29.9 Å². The molecule has 1 heterocycles. The van der Waals surface area contributed by atoms with E-state index in [0.29, 0.717) is 29.3 Å². The average molecular weight is 399 g/mol. The lowest BCUT2D eigenvalue weighted by atomic mass is 10.1. The fourth-order valence-electron chi connectivity index (χ4n) is 3.78. The summed E-state index contributed by atoms with van der Waals surface area (Å²) in [6.07, 6.45) is 1.04. The number of carbonyl (C=O) groups excluding carboxylic acids is 2. The molecule has 0 spiro atoms. The summed E-state index contributed by atoms with van der Waals surface area (Å²) in [7, 11) is 0. The van der Waals surface area contributed by atoms with Crippen molar-refractivity contribution in [2.24, 2.45) is 5.92 Å². The smallest absolute Gasteiger partial charge is 0.255 e. The number of amides is 2. The van der Waals surface area contributed by atoms with Gasteiger partial charge in [-0.1, -0.05) is 48.5 Å². The zero-order chi connectivity index (χ0) is 20.8. The van der Waals surface area contributed by atoms with Crippen molar-refractivity contribution in [1.82, 2.24) is 5.32 Å². The van der Waals surface area contributed by atoms with E-state index in [9.17, 15) is 9.59 Å². The summed E-state index contributed by atoms with van der Waals surface area (Å²) in [6.45, 7) is 2.54. The van der Waals surface area contributed by atoms with Crippen molar-refractivity contribution in [3.8, 4) is 0 Å². The van der Waals surface area contributed by atoms with Crippen LogP contribution in [0.4, 0.5) is 11.4 Å². The van der Waals surface area contributed by atoms with Crippen LogP contribution in [0.2, 0.25) is 0 Å². The molecule has 1 aliphatic heterocycles. The van der Waals surface area contributed by atoms with E-state index in [2.05, 4.69) is 27.7 Å². The van der Waals surface area contributed by atoms with Crippen molar-refractivity contribution in [1.29, 1.82) is 0 Å². The van der Waals surface area contributed by atoms with E-state index < -0.39 is 0 Å². The number of benzene rings is 3. The molecule has 0 aliphatic carbocycles. The highest BCUT2D eigenvalue weighted by Gasteiger charge is 2.23. The molecule has 1 saturated heterocycles. The number of rotatable bonds is 6. The molecular formula is C25H25N3O2. The van der Waals surface area contributed by atoms with E-state index in [1.807, 2.05) is 42.5 Å². The number of hydrogen-bond acceptors (Lipinski definition) is 3. The van der Waals surface area contributed by atoms with Gasteiger partial charge in [0.1, 0.15) is 0 Å². The minimum Gasteiger partial charge on any atom is -0.371 e. The number of carbonyl (C=O) groups is 2. The Balaban J connectivity index is 1.36. The molecule has 1 aliphatic rings. The van der Waals surface area contributed by atoms with Gasteiger partial charge in [0.15, 0.2) is 0 Å². The van der Waals surface area contributed by atoms with Gasteiger partial charge >= 0.3 is 0 Å². The maximum Gasteiger partial charge on any atom is 0.255 e. The Kier molecular flexibility index (Phi) is 6.09. The molecule has 1 atom stereocenters. The van der Waals surface area contributed by atoms with Gasteiger partial charge in [-0.25, -0.2) is 0 Å². The van der Waals surface area contributed by atoms with Gasteiger partial charge in [0, 0.05) is 30.9 Å². The molecule has 3 aromatic carbocycles. The summed E-state index contributed by atoms with van der Waals surface area (Å²) in [4.78, 5) is 27.6. The molecule has 0 aromatic heterocycles. The van der Waals surface area contributed by atoms with E-state index in [4.69, 9.17) is 0 Å². The van der Waals surface area contributed by atoms with E-state index in [0.717, 1.165) is 19.5 Å². The molecule has 5 heteroatoms. The Labute approximate surface area is 176 Å². The number of hydrogen-bond donors (Lipinski definition) is 2. The van der Waals surface area contributed by atoms with Crippen LogP contribution in [0, 0.1) is 5.92 Å². The van der Waals surface area contributed by atoms with Crippen molar-refractivity contribution in [3.05, 3.63) is 96.1 Å². The van der Waals surface area contributed by atoms with Gasteiger partial charge < -0.3 is 15.5 Å². The number of nitrogens with one attached hydrogen (secondary N) is 2. The topological polar surface area (TPSA) is 61.4 Å². The van der Waals surface area contributed by atoms with E-state index >= 15 is 0 Å². The summed E-state index contributed by atoms with van der Waals surface area (Å²) in [6, 6.07) is 26.4. The summed E-state index contributed by atoms with van der Waals surface area (Å²) in [5, 5.41) is 5.91. The first-order chi connectivity index (χ1) is 14.7. The normalized spacial score (nSPS) is 15.6. The zero-order valence-electron chi connectivity index (χ0n) is 16.8. The molecule has 2 N–H and O–H groups in total. The number of anilines is 2. The Morgan fingerprint density at radius 2 is 1.50 bits per heavy atom. The second kappa shape index (κ2) is 9.27. The minimum atomic E-state index is -0.231. The van der Waals surface area contributed by atoms with Crippen LogP contribution in [-0.4, -0.2) is 31.4 Å². The first kappa shape index (κ1) is 19.7. The van der Waals surface area contributed by atoms with Gasteiger partial charge in [-0.15, -0.1) is 0 Å². The van der Waals surface area contributed by atoms with Gasteiger partial charge in [0.05, 0.1) is 11.3 Å². The second-order valence-electron chi connectivity index (χ2n) is 7.51. The first-order valence-electron chi connectivity index (χ1n) is 10.2. The fraction of sp³-hybridized carbons (Fsp3) is 0.200. The zero-order valence-corrected chi connectivity index (χ0v) is 16.8. The Hall–Kier alpha value is -3.60. The highest BCUT2D eigenvalue weighted by Crippen LogP contribution is 2.23. The third-order valence-corrected chi connectivity index (χ3v) is 5.41. The third-order valence-electron chi connectivity index (χ3n) is 5.41. The predicted molar refractivity (Wildman–Crippen MR) is 120 cm³/mol. The average Bonchev–Trinajstić information content (AvgIpc) is 3.28. The maximum atomic E-state index is 12.8. The van der Waals surface area contributed by atoms with Gasteiger partial charge in [0.2, 0.25) is 0 Å². The van der Waals surface area contributed by atoms with E-state index in [1.54, 1.807) is 30.3 Å². The minimum absolute atomic E-state index is 0.169. The standard InChI is InChI=1S/C25H25N3O2/c29-24(20-9-3-1-4-10-20)27-23-14-8-7-13-22(23)25(30)26-17-19-15-16-28(18-19)21-11-5-2-6-12-21/h1-14,19H,15-18H2,(H,26,30)(H,27,29). The molecule has 3 aromatic rings. The van der Waals surface area contributed by atoms with Crippen LogP contribution in [0.15, 0.2) is 84.9 Å². The van der Waals surface area contributed by atoms with Crippen molar-refractivity contribution < 1.29 is 9.59 Å². The van der Waals surface area contributed by atoms with Crippen molar-refractivity contribution in [3.63, 3.8) is 0 Å². The molecule has 1 fully saturated rings. The SMILES string of the molecule is O=C(Nc1ccccc1C(=O)NCC1CCN(c2ccccc2)C1)c1ccccc1. The first-order valence-corrected chi connectivity index (χ1v) is 10.2. The molecular weight excluding hydrogens is 374 g/mol. The van der Waals surface area contributed by atoms with Gasteiger partial charge in [-0.2, -0.15) is 0 Å². The quantitative estimate of drug-likeness (QED) is 0.653. The lowest BCUT2D eigenvalue weighted by molar-refractivity contribution is 0.0949. The highest BCUT2D eigenvalue weighted by atomic mass is 16.2. The maximum absolute atomic E-state index is 12.8. The molecule has 1 unspecified atom stereocenters. The molecule has 30 heavy (non-hydrogen) atoms. The fourth-order valence-corrected chi connectivity index (χ4v) is 3.78. The summed E-state index contributed by atoms with van der Waals surface area (Å²) < 4.78 is 0. The van der Waals surface area contributed by atoms with Crippen LogP contribution < -0.4 is 15.5 Å². The number of para-hydroxylation sites is 2. The molecule has 5 nitrogen and oxygen atoms in total. The highest BCUT2D eigenvalue weighted by molar-refractivity contribution is 6.08. The van der Waals surface area contributed by atoms with Gasteiger partial charge in [0.25, 0.3) is 11.8 Å². The van der Waals surface area contributed by atoms with Crippen LogP contribution in [0.1, 0.15) is 27.1 Å². The Morgan fingerprint density at radius 1 is 0.833 bits per heavy atom. The van der Waals surface area contributed by atoms with Gasteiger partial charge in [-0.05, 0) is 48.7 Å². The van der Waals surface area contributed by atoms with E-state index in [-0.39, 0.29) is 11.8 Å². The molecule has 4 rings (SSSR count). The van der Waals surface area contributed by atoms with Crippen molar-refractivity contribution in [2.45, 2.75) is 6.42 Å². The van der Waals surface area contributed by atoms with Gasteiger partial charge in [-0.3, -0.25) is 9.59 Å². The van der Waals surface area contributed by atoms with Crippen LogP contribution in [0.25, 0.3) is 0 Å². The summed E-state index contributed by atoms with van der Waals surface area (Å²) >= 11 is 0. The third kappa shape index (κ3) is 4.69. The summed E-state index contributed by atoms with van der Waals surface area (Å²) in [5.41, 5.74) is 2.76. The summed E-state index contributed by atoms with van der Waals surface area (Å²) in [5.74, 6) is 0.00231. The Morgan fingerprint density at radius 3 is 2.27 bits per heavy atom. The molecule has 0 bridgehead atoms. The van der Waals surface area contributed by atoms with E-state index in [1.165, 1.54) is 5.69 Å². The van der Waals surface area contributed by atoms with Crippen LogP contribution >= 0.6 is 0 Å². The Bertz CT molecular complexity index is 1010. The lowest BCUT2D eigenvalue weighted by Crippen LogP contribution is -2.31. The molecule has 0 saturated carbocycles. The lowest BCUT2D eigenvalue weighted by Gasteiger charge is -2.19. The molecule has 152 valence electrons. The molecule has 2 amide bonds. The number of nitrogens with zero attached hydrogens (tertiary/aromatic N) is 1. The van der Waals surface area contributed by atoms with Crippen LogP contribution in [-0.2, 0) is 0 Å². The van der Waals surface area contributed by atoms with Crippen molar-refractivity contribution >= 4 is 23.2 Å². The molecule has 0 radical (unpaired) electrons.